The summed E-state index contributed by atoms with van der Waals surface area (Å²) >= 11 is 0. The van der Waals surface area contributed by atoms with E-state index in [4.69, 9.17) is 0 Å². The highest BCUT2D eigenvalue weighted by atomic mass is 19.4. The van der Waals surface area contributed by atoms with Crippen molar-refractivity contribution in [3.05, 3.63) is 29.3 Å². The van der Waals surface area contributed by atoms with Crippen molar-refractivity contribution in [3.63, 3.8) is 0 Å². The van der Waals surface area contributed by atoms with E-state index >= 15 is 0 Å². The third-order valence-corrected chi connectivity index (χ3v) is 3.89. The van der Waals surface area contributed by atoms with Crippen LogP contribution in [0.3, 0.4) is 0 Å². The first kappa shape index (κ1) is 14.9. The van der Waals surface area contributed by atoms with Crippen LogP contribution in [0.5, 0.6) is 0 Å². The lowest BCUT2D eigenvalue weighted by molar-refractivity contribution is -0.137. The Morgan fingerprint density at radius 3 is 2.55 bits per heavy atom. The normalized spacial score (nSPS) is 23.8. The maximum atomic E-state index is 13.2. The van der Waals surface area contributed by atoms with Crippen LogP contribution in [0.4, 0.5) is 18.9 Å². The lowest BCUT2D eigenvalue weighted by Crippen LogP contribution is -2.42. The summed E-state index contributed by atoms with van der Waals surface area (Å²) in [5.74, 6) is 0.373. The molecule has 0 aliphatic carbocycles. The number of piperidine rings is 1. The lowest BCUT2D eigenvalue weighted by atomic mass is 9.93. The molecular formula is C15H18F3NO. The predicted molar refractivity (Wildman–Crippen MR) is 72.0 cm³/mol. The standard InChI is InChI=1S/C15H18F3NO/c1-10-3-4-11(2)19(8-10)14-6-5-12(9-20)7-13(14)15(16,17)18/h5-7,9-11H,3-4,8H2,1-2H3. The maximum Gasteiger partial charge on any atom is 0.418 e. The molecule has 1 aliphatic rings. The third kappa shape index (κ3) is 2.97. The summed E-state index contributed by atoms with van der Waals surface area (Å²) in [5, 5.41) is 0. The van der Waals surface area contributed by atoms with Crippen molar-refractivity contribution in [2.24, 2.45) is 5.92 Å². The number of aldehydes is 1. The average molecular weight is 285 g/mol. The van der Waals surface area contributed by atoms with E-state index in [9.17, 15) is 18.0 Å². The number of nitrogens with zero attached hydrogens (tertiary/aromatic N) is 1. The first-order chi connectivity index (χ1) is 9.32. The average Bonchev–Trinajstić information content (AvgIpc) is 2.40. The van der Waals surface area contributed by atoms with Crippen molar-refractivity contribution in [2.75, 3.05) is 11.4 Å². The van der Waals surface area contributed by atoms with Gasteiger partial charge >= 0.3 is 6.18 Å². The van der Waals surface area contributed by atoms with Gasteiger partial charge in [0, 0.05) is 23.8 Å². The molecule has 0 radical (unpaired) electrons. The van der Waals surface area contributed by atoms with E-state index in [1.54, 1.807) is 0 Å². The molecule has 1 aromatic rings. The zero-order valence-electron chi connectivity index (χ0n) is 11.6. The molecule has 0 N–H and O–H groups in total. The zero-order chi connectivity index (χ0) is 14.9. The largest absolute Gasteiger partial charge is 0.418 e. The Morgan fingerprint density at radius 1 is 1.25 bits per heavy atom. The number of anilines is 1. The van der Waals surface area contributed by atoms with Crippen LogP contribution in [-0.4, -0.2) is 18.9 Å². The fraction of sp³-hybridized carbons (Fsp3) is 0.533. The van der Waals surface area contributed by atoms with Gasteiger partial charge in [-0.05, 0) is 43.9 Å². The monoisotopic (exact) mass is 285 g/mol. The van der Waals surface area contributed by atoms with Crippen LogP contribution < -0.4 is 4.90 Å². The van der Waals surface area contributed by atoms with E-state index in [-0.39, 0.29) is 17.3 Å². The molecule has 2 unspecified atom stereocenters. The summed E-state index contributed by atoms with van der Waals surface area (Å²) in [4.78, 5) is 12.5. The van der Waals surface area contributed by atoms with Crippen molar-refractivity contribution in [1.29, 1.82) is 0 Å². The first-order valence-electron chi connectivity index (χ1n) is 6.76. The molecule has 1 heterocycles. The second kappa shape index (κ2) is 5.46. The van der Waals surface area contributed by atoms with Gasteiger partial charge in [0.05, 0.1) is 5.56 Å². The van der Waals surface area contributed by atoms with Crippen LogP contribution in [-0.2, 0) is 6.18 Å². The summed E-state index contributed by atoms with van der Waals surface area (Å²) in [5.41, 5.74) is -0.482. The lowest BCUT2D eigenvalue weighted by Gasteiger charge is -2.39. The number of benzene rings is 1. The van der Waals surface area contributed by atoms with Crippen LogP contribution in [0, 0.1) is 5.92 Å². The van der Waals surface area contributed by atoms with Crippen LogP contribution in [0.1, 0.15) is 42.6 Å². The molecule has 0 aromatic heterocycles. The molecule has 1 aromatic carbocycles. The zero-order valence-corrected chi connectivity index (χ0v) is 11.6. The highest BCUT2D eigenvalue weighted by Crippen LogP contribution is 2.39. The van der Waals surface area contributed by atoms with Crippen molar-refractivity contribution in [1.82, 2.24) is 0 Å². The van der Waals surface area contributed by atoms with Crippen LogP contribution in [0.25, 0.3) is 0 Å². The molecule has 0 saturated carbocycles. The van der Waals surface area contributed by atoms with Gasteiger partial charge in [-0.25, -0.2) is 0 Å². The first-order valence-corrected chi connectivity index (χ1v) is 6.76. The molecule has 0 bridgehead atoms. The molecule has 20 heavy (non-hydrogen) atoms. The Morgan fingerprint density at radius 2 is 1.95 bits per heavy atom. The smallest absolute Gasteiger partial charge is 0.368 e. The second-order valence-corrected chi connectivity index (χ2v) is 5.58. The van der Waals surface area contributed by atoms with Gasteiger partial charge in [-0.2, -0.15) is 13.2 Å². The number of carbonyl (C=O) groups is 1. The highest BCUT2D eigenvalue weighted by molar-refractivity contribution is 5.77. The number of hydrogen-bond acceptors (Lipinski definition) is 2. The summed E-state index contributed by atoms with van der Waals surface area (Å²) in [6, 6.07) is 3.88. The van der Waals surface area contributed by atoms with Gasteiger partial charge in [0.15, 0.2) is 0 Å². The Hall–Kier alpha value is -1.52. The van der Waals surface area contributed by atoms with Gasteiger partial charge in [-0.1, -0.05) is 6.92 Å². The van der Waals surface area contributed by atoms with E-state index in [1.807, 2.05) is 18.7 Å². The molecule has 0 amide bonds. The molecular weight excluding hydrogens is 267 g/mol. The molecule has 5 heteroatoms. The van der Waals surface area contributed by atoms with Crippen LogP contribution >= 0.6 is 0 Å². The minimum atomic E-state index is -4.45. The topological polar surface area (TPSA) is 20.3 Å². The Bertz CT molecular complexity index is 498. The molecule has 1 aliphatic heterocycles. The molecule has 2 atom stereocenters. The SMILES string of the molecule is CC1CCC(C)N(c2ccc(C=O)cc2C(F)(F)F)C1. The Kier molecular flexibility index (Phi) is 4.06. The van der Waals surface area contributed by atoms with Crippen molar-refractivity contribution < 1.29 is 18.0 Å². The summed E-state index contributed by atoms with van der Waals surface area (Å²) in [7, 11) is 0. The van der Waals surface area contributed by atoms with Gasteiger partial charge in [0.25, 0.3) is 0 Å². The van der Waals surface area contributed by atoms with E-state index in [0.29, 0.717) is 18.7 Å². The molecule has 110 valence electrons. The molecule has 1 saturated heterocycles. The van der Waals surface area contributed by atoms with Crippen LogP contribution in [0.2, 0.25) is 0 Å². The molecule has 1 fully saturated rings. The Balaban J connectivity index is 2.47. The van der Waals surface area contributed by atoms with E-state index in [1.165, 1.54) is 12.1 Å². The fourth-order valence-corrected chi connectivity index (χ4v) is 2.73. The van der Waals surface area contributed by atoms with Gasteiger partial charge in [-0.3, -0.25) is 4.79 Å². The molecule has 2 rings (SSSR count). The van der Waals surface area contributed by atoms with E-state index in [0.717, 1.165) is 18.9 Å². The molecule has 0 spiro atoms. The van der Waals surface area contributed by atoms with Crippen molar-refractivity contribution >= 4 is 12.0 Å². The second-order valence-electron chi connectivity index (χ2n) is 5.58. The fourth-order valence-electron chi connectivity index (χ4n) is 2.73. The van der Waals surface area contributed by atoms with Crippen LogP contribution in [0.15, 0.2) is 18.2 Å². The number of carbonyl (C=O) groups excluding carboxylic acids is 1. The van der Waals surface area contributed by atoms with Gasteiger partial charge in [-0.15, -0.1) is 0 Å². The number of halogens is 3. The Labute approximate surface area is 116 Å². The van der Waals surface area contributed by atoms with Gasteiger partial charge in [0.1, 0.15) is 6.29 Å². The number of hydrogen-bond donors (Lipinski definition) is 0. The maximum absolute atomic E-state index is 13.2. The minimum absolute atomic E-state index is 0.0544. The van der Waals surface area contributed by atoms with Crippen molar-refractivity contribution in [3.8, 4) is 0 Å². The van der Waals surface area contributed by atoms with Gasteiger partial charge in [0.2, 0.25) is 0 Å². The summed E-state index contributed by atoms with van der Waals surface area (Å²) < 4.78 is 39.6. The van der Waals surface area contributed by atoms with E-state index < -0.39 is 11.7 Å². The number of rotatable bonds is 2. The van der Waals surface area contributed by atoms with Gasteiger partial charge < -0.3 is 4.90 Å². The third-order valence-electron chi connectivity index (χ3n) is 3.89. The summed E-state index contributed by atoms with van der Waals surface area (Å²) in [6.07, 6.45) is -2.09. The summed E-state index contributed by atoms with van der Waals surface area (Å²) in [6.45, 7) is 4.61. The predicted octanol–water partition coefficient (Wildman–Crippen LogP) is 4.14. The molecule has 2 nitrogen and oxygen atoms in total. The quantitative estimate of drug-likeness (QED) is 0.761. The highest BCUT2D eigenvalue weighted by Gasteiger charge is 2.37. The van der Waals surface area contributed by atoms with Crippen molar-refractivity contribution in [2.45, 2.75) is 38.9 Å². The number of alkyl halides is 3. The van der Waals surface area contributed by atoms with E-state index in [2.05, 4.69) is 0 Å². The minimum Gasteiger partial charge on any atom is -0.368 e.